The predicted molar refractivity (Wildman–Crippen MR) is 122 cm³/mol. The standard InChI is InChI=1S/C21H20N4O3S2/c1-4-22-20-24-15-8-13(9-16(18(15)30-20)28-11(2)3)14-6-5-12(10-23-14)7-17-19(26)25-21(27)29-17/h5-11H,4H2,1-3H3,(H,22,24)(H,25,26,27)/b17-7-. The summed E-state index contributed by atoms with van der Waals surface area (Å²) >= 11 is 2.46. The highest BCUT2D eigenvalue weighted by atomic mass is 32.2. The number of rotatable bonds is 6. The van der Waals surface area contributed by atoms with Crippen molar-refractivity contribution in [3.63, 3.8) is 0 Å². The first kappa shape index (κ1) is 20.4. The maximum absolute atomic E-state index is 11.7. The summed E-state index contributed by atoms with van der Waals surface area (Å²) < 4.78 is 7.04. The molecule has 4 rings (SSSR count). The summed E-state index contributed by atoms with van der Waals surface area (Å²) in [6, 6.07) is 7.73. The number of aromatic nitrogens is 2. The van der Waals surface area contributed by atoms with Crippen LogP contribution in [0.1, 0.15) is 26.3 Å². The monoisotopic (exact) mass is 440 g/mol. The molecule has 1 aliphatic heterocycles. The van der Waals surface area contributed by atoms with Crippen LogP contribution in [0.25, 0.3) is 27.6 Å². The van der Waals surface area contributed by atoms with E-state index in [2.05, 4.69) is 20.6 Å². The molecule has 0 spiro atoms. The molecule has 2 N–H and O–H groups in total. The average Bonchev–Trinajstić information content (AvgIpc) is 3.24. The topological polar surface area (TPSA) is 93.2 Å². The number of pyridine rings is 1. The van der Waals surface area contributed by atoms with Gasteiger partial charge in [0.05, 0.1) is 26.9 Å². The summed E-state index contributed by atoms with van der Waals surface area (Å²) in [5.41, 5.74) is 3.27. The van der Waals surface area contributed by atoms with E-state index < -0.39 is 0 Å². The third-order valence-electron chi connectivity index (χ3n) is 4.17. The maximum atomic E-state index is 11.7. The quantitative estimate of drug-likeness (QED) is 0.527. The number of nitrogens with one attached hydrogen (secondary N) is 2. The molecule has 154 valence electrons. The second kappa shape index (κ2) is 8.45. The van der Waals surface area contributed by atoms with E-state index in [1.165, 1.54) is 0 Å². The van der Waals surface area contributed by atoms with Gasteiger partial charge in [-0.1, -0.05) is 17.4 Å². The largest absolute Gasteiger partial charge is 0.489 e. The highest BCUT2D eigenvalue weighted by Gasteiger charge is 2.25. The van der Waals surface area contributed by atoms with Crippen molar-refractivity contribution in [1.82, 2.24) is 15.3 Å². The van der Waals surface area contributed by atoms with Crippen LogP contribution < -0.4 is 15.4 Å². The number of ether oxygens (including phenoxy) is 1. The third-order valence-corrected chi connectivity index (χ3v) is 6.02. The summed E-state index contributed by atoms with van der Waals surface area (Å²) in [6.07, 6.45) is 3.37. The summed E-state index contributed by atoms with van der Waals surface area (Å²) in [5.74, 6) is 0.403. The van der Waals surface area contributed by atoms with Gasteiger partial charge in [-0.3, -0.25) is 19.9 Å². The number of amides is 2. The first-order valence-corrected chi connectivity index (χ1v) is 11.1. The number of nitrogens with zero attached hydrogens (tertiary/aromatic N) is 2. The lowest BCUT2D eigenvalue weighted by atomic mass is 10.1. The molecule has 9 heteroatoms. The van der Waals surface area contributed by atoms with E-state index in [0.717, 1.165) is 56.2 Å². The predicted octanol–water partition coefficient (Wildman–Crippen LogP) is 4.90. The van der Waals surface area contributed by atoms with E-state index in [1.54, 1.807) is 23.6 Å². The van der Waals surface area contributed by atoms with Gasteiger partial charge in [-0.25, -0.2) is 4.98 Å². The van der Waals surface area contributed by atoms with Crippen LogP contribution in [0.3, 0.4) is 0 Å². The Labute approximate surface area is 181 Å². The Morgan fingerprint density at radius 2 is 2.10 bits per heavy atom. The van der Waals surface area contributed by atoms with Gasteiger partial charge >= 0.3 is 0 Å². The Kier molecular flexibility index (Phi) is 5.74. The van der Waals surface area contributed by atoms with Crippen molar-refractivity contribution >= 4 is 55.7 Å². The highest BCUT2D eigenvalue weighted by molar-refractivity contribution is 8.18. The molecule has 3 aromatic rings. The fourth-order valence-corrected chi connectivity index (χ4v) is 4.60. The number of hydrogen-bond donors (Lipinski definition) is 2. The van der Waals surface area contributed by atoms with Crippen molar-refractivity contribution < 1.29 is 14.3 Å². The first-order chi connectivity index (χ1) is 14.4. The molecule has 2 amide bonds. The van der Waals surface area contributed by atoms with Crippen molar-refractivity contribution in [2.75, 3.05) is 11.9 Å². The molecule has 0 atom stereocenters. The lowest BCUT2D eigenvalue weighted by Gasteiger charge is -2.12. The Balaban J connectivity index is 1.69. The summed E-state index contributed by atoms with van der Waals surface area (Å²) in [4.78, 5) is 32.6. The molecule has 1 fully saturated rings. The minimum Gasteiger partial charge on any atom is -0.489 e. The SMILES string of the molecule is CCNc1nc2cc(-c3ccc(/C=C4\SC(=O)NC4=O)cn3)cc(OC(C)C)c2s1. The zero-order valence-corrected chi connectivity index (χ0v) is 18.3. The van der Waals surface area contributed by atoms with E-state index in [0.29, 0.717) is 4.91 Å². The number of imide groups is 1. The lowest BCUT2D eigenvalue weighted by molar-refractivity contribution is -0.115. The van der Waals surface area contributed by atoms with Crippen LogP contribution in [0.4, 0.5) is 9.93 Å². The Hall–Kier alpha value is -2.91. The molecule has 2 aromatic heterocycles. The van der Waals surface area contributed by atoms with Crippen LogP contribution in [0, 0.1) is 0 Å². The van der Waals surface area contributed by atoms with Gasteiger partial charge in [-0.2, -0.15) is 0 Å². The highest BCUT2D eigenvalue weighted by Crippen LogP contribution is 2.38. The van der Waals surface area contributed by atoms with Crippen LogP contribution in [0.15, 0.2) is 35.4 Å². The fourth-order valence-electron chi connectivity index (χ4n) is 2.95. The minimum atomic E-state index is -0.380. The first-order valence-electron chi connectivity index (χ1n) is 9.49. The van der Waals surface area contributed by atoms with Gasteiger partial charge in [-0.15, -0.1) is 0 Å². The van der Waals surface area contributed by atoms with Crippen LogP contribution >= 0.6 is 23.1 Å². The van der Waals surface area contributed by atoms with Crippen LogP contribution in [0.2, 0.25) is 0 Å². The lowest BCUT2D eigenvalue weighted by Crippen LogP contribution is -2.17. The molecule has 0 unspecified atom stereocenters. The third kappa shape index (κ3) is 4.31. The average molecular weight is 441 g/mol. The van der Waals surface area contributed by atoms with Crippen molar-refractivity contribution in [3.05, 3.63) is 40.9 Å². The van der Waals surface area contributed by atoms with E-state index in [4.69, 9.17) is 4.74 Å². The number of fused-ring (bicyclic) bond motifs is 1. The Morgan fingerprint density at radius 1 is 1.27 bits per heavy atom. The van der Waals surface area contributed by atoms with Crippen LogP contribution in [-0.2, 0) is 4.79 Å². The number of hydrogen-bond acceptors (Lipinski definition) is 8. The summed E-state index contributed by atoms with van der Waals surface area (Å²) in [5, 5.41) is 6.00. The summed E-state index contributed by atoms with van der Waals surface area (Å²) in [6.45, 7) is 6.82. The number of carbonyl (C=O) groups excluding carboxylic acids is 2. The molecule has 0 radical (unpaired) electrons. The number of benzene rings is 1. The van der Waals surface area contributed by atoms with Crippen molar-refractivity contribution in [3.8, 4) is 17.0 Å². The van der Waals surface area contributed by atoms with E-state index in [9.17, 15) is 9.59 Å². The zero-order chi connectivity index (χ0) is 21.3. The van der Waals surface area contributed by atoms with Crippen molar-refractivity contribution in [1.29, 1.82) is 0 Å². The molecule has 1 aromatic carbocycles. The molecule has 0 saturated carbocycles. The molecule has 0 bridgehead atoms. The van der Waals surface area contributed by atoms with Gasteiger partial charge in [0.1, 0.15) is 5.75 Å². The maximum Gasteiger partial charge on any atom is 0.290 e. The minimum absolute atomic E-state index is 0.0351. The Bertz CT molecular complexity index is 1150. The molecular formula is C21H20N4O3S2. The summed E-state index contributed by atoms with van der Waals surface area (Å²) in [7, 11) is 0. The normalized spacial score (nSPS) is 15.3. The smallest absolute Gasteiger partial charge is 0.290 e. The van der Waals surface area contributed by atoms with Crippen molar-refractivity contribution in [2.45, 2.75) is 26.9 Å². The van der Waals surface area contributed by atoms with Gasteiger partial charge in [-0.05, 0) is 62.4 Å². The van der Waals surface area contributed by atoms with E-state index in [-0.39, 0.29) is 17.3 Å². The number of thiazole rings is 1. The second-order valence-electron chi connectivity index (χ2n) is 6.87. The Morgan fingerprint density at radius 3 is 2.73 bits per heavy atom. The molecule has 0 aliphatic carbocycles. The van der Waals surface area contributed by atoms with Gasteiger partial charge < -0.3 is 10.1 Å². The molecular weight excluding hydrogens is 420 g/mol. The fraction of sp³-hybridized carbons (Fsp3) is 0.238. The van der Waals surface area contributed by atoms with E-state index >= 15 is 0 Å². The molecule has 1 aliphatic rings. The number of thioether (sulfide) groups is 1. The van der Waals surface area contributed by atoms with Crippen LogP contribution in [-0.4, -0.2) is 33.8 Å². The van der Waals surface area contributed by atoms with Gasteiger partial charge in [0.15, 0.2) is 5.13 Å². The second-order valence-corrected chi connectivity index (χ2v) is 8.88. The number of anilines is 1. The molecule has 30 heavy (non-hydrogen) atoms. The van der Waals surface area contributed by atoms with Crippen LogP contribution in [0.5, 0.6) is 5.75 Å². The molecule has 1 saturated heterocycles. The van der Waals surface area contributed by atoms with Crippen molar-refractivity contribution in [2.24, 2.45) is 0 Å². The van der Waals surface area contributed by atoms with Gasteiger partial charge in [0.2, 0.25) is 0 Å². The molecule has 3 heterocycles. The van der Waals surface area contributed by atoms with E-state index in [1.807, 2.05) is 45.0 Å². The number of carbonyl (C=O) groups is 2. The molecule has 7 nitrogen and oxygen atoms in total. The zero-order valence-electron chi connectivity index (χ0n) is 16.7. The van der Waals surface area contributed by atoms with Gasteiger partial charge in [0.25, 0.3) is 11.1 Å². The van der Waals surface area contributed by atoms with Gasteiger partial charge in [0, 0.05) is 18.3 Å².